The van der Waals surface area contributed by atoms with E-state index in [-0.39, 0.29) is 6.10 Å². The predicted molar refractivity (Wildman–Crippen MR) is 45.4 cm³/mol. The third-order valence-corrected chi connectivity index (χ3v) is 2.04. The Bertz CT molecular complexity index is 143. The molecule has 1 saturated heterocycles. The zero-order valence-electron chi connectivity index (χ0n) is 6.92. The quantitative estimate of drug-likeness (QED) is 0.644. The van der Waals surface area contributed by atoms with Gasteiger partial charge in [0.05, 0.1) is 12.7 Å². The highest BCUT2D eigenvalue weighted by atomic mass is 35.5. The van der Waals surface area contributed by atoms with Gasteiger partial charge >= 0.3 is 5.43 Å². The molecule has 12 heavy (non-hydrogen) atoms. The fraction of sp³-hybridized carbons (Fsp3) is 0.875. The molecule has 1 fully saturated rings. The highest BCUT2D eigenvalue weighted by Gasteiger charge is 2.13. The first-order valence-corrected chi connectivity index (χ1v) is 4.60. The molecule has 1 aliphatic heterocycles. The predicted octanol–water partition coefficient (Wildman–Crippen LogP) is 2.32. The topological polar surface area (TPSA) is 35.5 Å². The molecule has 0 N–H and O–H groups in total. The Morgan fingerprint density at radius 1 is 1.58 bits per heavy atom. The Kier molecular flexibility index (Phi) is 4.40. The fourth-order valence-electron chi connectivity index (χ4n) is 1.31. The molecule has 0 spiro atoms. The number of ether oxygens (including phenoxy) is 2. The largest absolute Gasteiger partial charge is 0.454 e. The van der Waals surface area contributed by atoms with Crippen LogP contribution in [0, 0.1) is 0 Å². The summed E-state index contributed by atoms with van der Waals surface area (Å²) in [6, 6.07) is 0. The van der Waals surface area contributed by atoms with Gasteiger partial charge in [-0.2, -0.15) is 0 Å². The summed E-state index contributed by atoms with van der Waals surface area (Å²) in [5.74, 6) is 0. The van der Waals surface area contributed by atoms with Crippen LogP contribution in [0.25, 0.3) is 0 Å². The maximum atomic E-state index is 10.2. The third kappa shape index (κ3) is 3.93. The van der Waals surface area contributed by atoms with Crippen LogP contribution in [0.2, 0.25) is 0 Å². The first-order chi connectivity index (χ1) is 5.79. The minimum absolute atomic E-state index is 0.259. The third-order valence-electron chi connectivity index (χ3n) is 1.93. The standard InChI is InChI=1S/C8H13ClO3/c9-8(10)12-6-4-7-3-1-2-5-11-7/h7H,1-6H2. The van der Waals surface area contributed by atoms with Crippen LogP contribution in [0.5, 0.6) is 0 Å². The summed E-state index contributed by atoms with van der Waals surface area (Å²) in [5, 5.41) is 0. The molecule has 0 saturated carbocycles. The molecular formula is C8H13ClO3. The van der Waals surface area contributed by atoms with Gasteiger partial charge in [-0.15, -0.1) is 0 Å². The highest BCUT2D eigenvalue weighted by molar-refractivity contribution is 6.61. The van der Waals surface area contributed by atoms with Crippen molar-refractivity contribution >= 4 is 17.0 Å². The number of carbonyl (C=O) groups is 1. The van der Waals surface area contributed by atoms with Gasteiger partial charge in [0, 0.05) is 24.6 Å². The average Bonchev–Trinajstić information content (AvgIpc) is 2.05. The zero-order valence-corrected chi connectivity index (χ0v) is 7.68. The van der Waals surface area contributed by atoms with Gasteiger partial charge in [-0.3, -0.25) is 0 Å². The summed E-state index contributed by atoms with van der Waals surface area (Å²) >= 11 is 4.99. The van der Waals surface area contributed by atoms with Crippen LogP contribution in [-0.2, 0) is 9.47 Å². The molecule has 1 unspecified atom stereocenters. The van der Waals surface area contributed by atoms with Crippen molar-refractivity contribution in [2.75, 3.05) is 13.2 Å². The normalized spacial score (nSPS) is 23.6. The van der Waals surface area contributed by atoms with Gasteiger partial charge in [-0.05, 0) is 19.3 Å². The minimum Gasteiger partial charge on any atom is -0.454 e. The number of hydrogen-bond donors (Lipinski definition) is 0. The average molecular weight is 193 g/mol. The summed E-state index contributed by atoms with van der Waals surface area (Å²) in [7, 11) is 0. The van der Waals surface area contributed by atoms with Gasteiger partial charge in [0.15, 0.2) is 0 Å². The molecule has 1 atom stereocenters. The molecule has 70 valence electrons. The number of rotatable bonds is 3. The van der Waals surface area contributed by atoms with Gasteiger partial charge in [0.2, 0.25) is 0 Å². The van der Waals surface area contributed by atoms with Crippen molar-refractivity contribution in [2.45, 2.75) is 31.8 Å². The summed E-state index contributed by atoms with van der Waals surface area (Å²) in [5.41, 5.74) is -0.731. The minimum atomic E-state index is -0.731. The Balaban J connectivity index is 2.01. The van der Waals surface area contributed by atoms with Gasteiger partial charge in [-0.1, -0.05) is 0 Å². The van der Waals surface area contributed by atoms with E-state index < -0.39 is 5.43 Å². The molecule has 0 aromatic heterocycles. The molecule has 0 radical (unpaired) electrons. The van der Waals surface area contributed by atoms with E-state index in [4.69, 9.17) is 16.3 Å². The van der Waals surface area contributed by atoms with Gasteiger partial charge in [0.25, 0.3) is 0 Å². The SMILES string of the molecule is O=C(Cl)OCCC1CCCCO1. The molecule has 1 aliphatic rings. The van der Waals surface area contributed by atoms with Crippen LogP contribution in [0.1, 0.15) is 25.7 Å². The Labute approximate surface area is 77.0 Å². The molecule has 3 nitrogen and oxygen atoms in total. The van der Waals surface area contributed by atoms with Crippen molar-refractivity contribution in [3.05, 3.63) is 0 Å². The lowest BCUT2D eigenvalue weighted by Crippen LogP contribution is -2.20. The highest BCUT2D eigenvalue weighted by Crippen LogP contribution is 2.15. The molecule has 0 amide bonds. The van der Waals surface area contributed by atoms with Gasteiger partial charge in [-0.25, -0.2) is 4.79 Å². The first-order valence-electron chi connectivity index (χ1n) is 4.23. The molecule has 4 heteroatoms. The Hall–Kier alpha value is -0.280. The van der Waals surface area contributed by atoms with Crippen molar-refractivity contribution in [1.29, 1.82) is 0 Å². The number of halogens is 1. The van der Waals surface area contributed by atoms with E-state index in [1.54, 1.807) is 0 Å². The van der Waals surface area contributed by atoms with Crippen molar-refractivity contribution in [1.82, 2.24) is 0 Å². The van der Waals surface area contributed by atoms with Crippen LogP contribution in [-0.4, -0.2) is 24.7 Å². The van der Waals surface area contributed by atoms with Crippen LogP contribution >= 0.6 is 11.6 Å². The van der Waals surface area contributed by atoms with Gasteiger partial charge < -0.3 is 9.47 Å². The van der Waals surface area contributed by atoms with E-state index in [1.807, 2.05) is 0 Å². The maximum absolute atomic E-state index is 10.2. The van der Waals surface area contributed by atoms with E-state index in [1.165, 1.54) is 6.42 Å². The number of hydrogen-bond acceptors (Lipinski definition) is 3. The van der Waals surface area contributed by atoms with Gasteiger partial charge in [0.1, 0.15) is 0 Å². The molecule has 1 heterocycles. The van der Waals surface area contributed by atoms with Crippen molar-refractivity contribution in [2.24, 2.45) is 0 Å². The lowest BCUT2D eigenvalue weighted by molar-refractivity contribution is 0.00153. The molecule has 0 bridgehead atoms. The smallest absolute Gasteiger partial charge is 0.403 e. The number of carbonyl (C=O) groups excluding carboxylic acids is 1. The van der Waals surface area contributed by atoms with Crippen molar-refractivity contribution in [3.63, 3.8) is 0 Å². The lowest BCUT2D eigenvalue weighted by atomic mass is 10.1. The molecule has 1 rings (SSSR count). The Morgan fingerprint density at radius 3 is 3.00 bits per heavy atom. The van der Waals surface area contributed by atoms with E-state index >= 15 is 0 Å². The second kappa shape index (κ2) is 5.38. The second-order valence-electron chi connectivity index (χ2n) is 2.86. The van der Waals surface area contributed by atoms with Crippen molar-refractivity contribution < 1.29 is 14.3 Å². The lowest BCUT2D eigenvalue weighted by Gasteiger charge is -2.21. The Morgan fingerprint density at radius 2 is 2.42 bits per heavy atom. The van der Waals surface area contributed by atoms with Crippen LogP contribution < -0.4 is 0 Å². The molecular weight excluding hydrogens is 180 g/mol. The fourth-order valence-corrected chi connectivity index (χ4v) is 1.38. The summed E-state index contributed by atoms with van der Waals surface area (Å²) in [6.45, 7) is 1.20. The van der Waals surface area contributed by atoms with E-state index in [0.717, 1.165) is 25.9 Å². The summed E-state index contributed by atoms with van der Waals surface area (Å²) in [6.07, 6.45) is 4.44. The second-order valence-corrected chi connectivity index (χ2v) is 3.17. The van der Waals surface area contributed by atoms with Crippen molar-refractivity contribution in [3.8, 4) is 0 Å². The van der Waals surface area contributed by atoms with E-state index in [2.05, 4.69) is 4.74 Å². The summed E-state index contributed by atoms with van der Waals surface area (Å²) < 4.78 is 10.0. The van der Waals surface area contributed by atoms with Crippen LogP contribution in [0.4, 0.5) is 4.79 Å². The van der Waals surface area contributed by atoms with E-state index in [9.17, 15) is 4.79 Å². The van der Waals surface area contributed by atoms with E-state index in [0.29, 0.717) is 6.61 Å². The van der Waals surface area contributed by atoms with Crippen LogP contribution in [0.15, 0.2) is 0 Å². The zero-order chi connectivity index (χ0) is 8.81. The molecule has 0 aliphatic carbocycles. The monoisotopic (exact) mass is 192 g/mol. The maximum Gasteiger partial charge on any atom is 0.403 e. The summed E-state index contributed by atoms with van der Waals surface area (Å²) in [4.78, 5) is 10.2. The molecule has 0 aromatic carbocycles. The molecule has 0 aromatic rings. The first kappa shape index (κ1) is 9.81. The van der Waals surface area contributed by atoms with Crippen LogP contribution in [0.3, 0.4) is 0 Å².